The Balaban J connectivity index is 3.04. The predicted octanol–water partition coefficient (Wildman–Crippen LogP) is 3.38. The molecular formula is C13H17BrFNO. The number of nitrogens with zero attached hydrogens (tertiary/aromatic N) is 1. The van der Waals surface area contributed by atoms with E-state index >= 15 is 0 Å². The van der Waals surface area contributed by atoms with Crippen LogP contribution in [0.15, 0.2) is 18.2 Å². The molecule has 0 unspecified atom stereocenters. The maximum atomic E-state index is 13.3. The normalized spacial score (nSPS) is 11.4. The summed E-state index contributed by atoms with van der Waals surface area (Å²) in [6.07, 6.45) is 0. The molecule has 94 valence electrons. The molecule has 0 atom stereocenters. The van der Waals surface area contributed by atoms with E-state index in [1.165, 1.54) is 12.1 Å². The molecule has 0 aliphatic carbocycles. The summed E-state index contributed by atoms with van der Waals surface area (Å²) in [4.78, 5) is 13.8. The summed E-state index contributed by atoms with van der Waals surface area (Å²) < 4.78 is 13.3. The van der Waals surface area contributed by atoms with Crippen LogP contribution < -0.4 is 0 Å². The largest absolute Gasteiger partial charge is 0.336 e. The first-order valence-electron chi connectivity index (χ1n) is 5.39. The van der Waals surface area contributed by atoms with E-state index < -0.39 is 0 Å². The standard InChI is InChI=1S/C13H17BrFNO/c1-9-5-10(7-11(15)6-9)12(17)16(4)13(2,3)8-14/h5-7H,8H2,1-4H3. The number of aryl methyl sites for hydroxylation is 1. The monoisotopic (exact) mass is 301 g/mol. The van der Waals surface area contributed by atoms with Gasteiger partial charge >= 0.3 is 0 Å². The van der Waals surface area contributed by atoms with Gasteiger partial charge in [-0.3, -0.25) is 4.79 Å². The fourth-order valence-electron chi connectivity index (χ4n) is 1.42. The molecule has 0 aromatic heterocycles. The third-order valence-corrected chi connectivity index (χ3v) is 4.20. The zero-order valence-electron chi connectivity index (χ0n) is 10.6. The van der Waals surface area contributed by atoms with Crippen molar-refractivity contribution in [3.05, 3.63) is 35.1 Å². The van der Waals surface area contributed by atoms with Crippen LogP contribution in [0.2, 0.25) is 0 Å². The van der Waals surface area contributed by atoms with E-state index in [2.05, 4.69) is 15.9 Å². The molecule has 0 radical (unpaired) electrons. The van der Waals surface area contributed by atoms with E-state index in [9.17, 15) is 9.18 Å². The molecule has 0 fully saturated rings. The summed E-state index contributed by atoms with van der Waals surface area (Å²) in [5.41, 5.74) is 0.828. The maximum absolute atomic E-state index is 13.3. The van der Waals surface area contributed by atoms with E-state index in [0.717, 1.165) is 5.56 Å². The first kappa shape index (κ1) is 14.2. The average Bonchev–Trinajstić information content (AvgIpc) is 2.25. The van der Waals surface area contributed by atoms with Crippen molar-refractivity contribution in [2.45, 2.75) is 26.3 Å². The van der Waals surface area contributed by atoms with Gasteiger partial charge in [-0.25, -0.2) is 4.39 Å². The lowest BCUT2D eigenvalue weighted by Crippen LogP contribution is -2.46. The van der Waals surface area contributed by atoms with Gasteiger partial charge in [-0.15, -0.1) is 0 Å². The Morgan fingerprint density at radius 2 is 2.00 bits per heavy atom. The van der Waals surface area contributed by atoms with Crippen LogP contribution >= 0.6 is 15.9 Å². The van der Waals surface area contributed by atoms with Crippen LogP contribution in [0.3, 0.4) is 0 Å². The quantitative estimate of drug-likeness (QED) is 0.784. The second kappa shape index (κ2) is 5.17. The van der Waals surface area contributed by atoms with Crippen LogP contribution in [0, 0.1) is 12.7 Å². The molecule has 0 spiro atoms. The van der Waals surface area contributed by atoms with Gasteiger partial charge in [0.15, 0.2) is 0 Å². The van der Waals surface area contributed by atoms with Crippen molar-refractivity contribution >= 4 is 21.8 Å². The van der Waals surface area contributed by atoms with Gasteiger partial charge in [-0.2, -0.15) is 0 Å². The Hall–Kier alpha value is -0.900. The minimum atomic E-state index is -0.376. The Morgan fingerprint density at radius 3 is 2.47 bits per heavy atom. The van der Waals surface area contributed by atoms with Crippen molar-refractivity contribution in [3.8, 4) is 0 Å². The van der Waals surface area contributed by atoms with Gasteiger partial charge in [0.1, 0.15) is 5.82 Å². The molecule has 0 saturated carbocycles. The number of amides is 1. The van der Waals surface area contributed by atoms with Gasteiger partial charge < -0.3 is 4.90 Å². The second-order valence-electron chi connectivity index (χ2n) is 4.83. The van der Waals surface area contributed by atoms with E-state index in [-0.39, 0.29) is 17.3 Å². The molecule has 0 saturated heterocycles. The molecule has 17 heavy (non-hydrogen) atoms. The molecule has 0 N–H and O–H groups in total. The van der Waals surface area contributed by atoms with Crippen molar-refractivity contribution in [1.82, 2.24) is 4.90 Å². The van der Waals surface area contributed by atoms with Crippen LogP contribution in [-0.2, 0) is 0 Å². The van der Waals surface area contributed by atoms with Gasteiger partial charge in [0, 0.05) is 23.5 Å². The number of halogens is 2. The highest BCUT2D eigenvalue weighted by molar-refractivity contribution is 9.09. The van der Waals surface area contributed by atoms with Gasteiger partial charge in [-0.1, -0.05) is 15.9 Å². The summed E-state index contributed by atoms with van der Waals surface area (Å²) in [7, 11) is 1.73. The minimum absolute atomic E-state index is 0.169. The first-order chi connectivity index (χ1) is 7.77. The summed E-state index contributed by atoms with van der Waals surface area (Å²) in [6, 6.07) is 4.38. The lowest BCUT2D eigenvalue weighted by Gasteiger charge is -2.34. The van der Waals surface area contributed by atoms with Gasteiger partial charge in [0.2, 0.25) is 0 Å². The number of benzene rings is 1. The molecule has 0 aliphatic rings. The van der Waals surface area contributed by atoms with E-state index in [1.54, 1.807) is 24.9 Å². The molecule has 1 aromatic carbocycles. The Kier molecular flexibility index (Phi) is 4.31. The smallest absolute Gasteiger partial charge is 0.254 e. The summed E-state index contributed by atoms with van der Waals surface area (Å²) >= 11 is 3.37. The molecule has 0 bridgehead atoms. The van der Waals surface area contributed by atoms with Gasteiger partial charge in [0.25, 0.3) is 5.91 Å². The SMILES string of the molecule is Cc1cc(F)cc(C(=O)N(C)C(C)(C)CBr)c1. The number of hydrogen-bond acceptors (Lipinski definition) is 1. The molecule has 1 aromatic rings. The molecule has 1 rings (SSSR count). The van der Waals surface area contributed by atoms with Crippen LogP contribution in [0.5, 0.6) is 0 Å². The van der Waals surface area contributed by atoms with Crippen LogP contribution in [0.1, 0.15) is 29.8 Å². The lowest BCUT2D eigenvalue weighted by molar-refractivity contribution is 0.0663. The number of carbonyl (C=O) groups is 1. The zero-order chi connectivity index (χ0) is 13.2. The molecular weight excluding hydrogens is 285 g/mol. The van der Waals surface area contributed by atoms with Crippen molar-refractivity contribution in [3.63, 3.8) is 0 Å². The second-order valence-corrected chi connectivity index (χ2v) is 5.39. The average molecular weight is 302 g/mol. The highest BCUT2D eigenvalue weighted by Crippen LogP contribution is 2.19. The van der Waals surface area contributed by atoms with Crippen molar-refractivity contribution in [2.75, 3.05) is 12.4 Å². The van der Waals surface area contributed by atoms with Gasteiger partial charge in [-0.05, 0) is 44.5 Å². The fourth-order valence-corrected chi connectivity index (χ4v) is 1.79. The molecule has 0 heterocycles. The predicted molar refractivity (Wildman–Crippen MR) is 71.1 cm³/mol. The Morgan fingerprint density at radius 1 is 1.41 bits per heavy atom. The zero-order valence-corrected chi connectivity index (χ0v) is 12.1. The van der Waals surface area contributed by atoms with E-state index in [4.69, 9.17) is 0 Å². The Labute approximate surface area is 110 Å². The van der Waals surface area contributed by atoms with Crippen LogP contribution in [0.25, 0.3) is 0 Å². The van der Waals surface area contributed by atoms with Crippen LogP contribution in [-0.4, -0.2) is 28.7 Å². The fraction of sp³-hybridized carbons (Fsp3) is 0.462. The summed E-state index contributed by atoms with van der Waals surface area (Å²) in [5.74, 6) is -0.546. The first-order valence-corrected chi connectivity index (χ1v) is 6.51. The van der Waals surface area contributed by atoms with Crippen molar-refractivity contribution in [2.24, 2.45) is 0 Å². The third kappa shape index (κ3) is 3.28. The highest BCUT2D eigenvalue weighted by Gasteiger charge is 2.27. The Bertz CT molecular complexity index is 411. The number of carbonyl (C=O) groups excluding carboxylic acids is 1. The third-order valence-electron chi connectivity index (χ3n) is 2.83. The molecule has 4 heteroatoms. The van der Waals surface area contributed by atoms with E-state index in [1.807, 2.05) is 13.8 Å². The minimum Gasteiger partial charge on any atom is -0.336 e. The van der Waals surface area contributed by atoms with Gasteiger partial charge in [0.05, 0.1) is 0 Å². The molecule has 1 amide bonds. The van der Waals surface area contributed by atoms with Crippen molar-refractivity contribution < 1.29 is 9.18 Å². The number of alkyl halides is 1. The molecule has 2 nitrogen and oxygen atoms in total. The van der Waals surface area contributed by atoms with Crippen LogP contribution in [0.4, 0.5) is 4.39 Å². The van der Waals surface area contributed by atoms with Crippen molar-refractivity contribution in [1.29, 1.82) is 0 Å². The summed E-state index contributed by atoms with van der Waals surface area (Å²) in [5, 5.41) is 0.663. The van der Waals surface area contributed by atoms with E-state index in [0.29, 0.717) is 10.9 Å². The molecule has 0 aliphatic heterocycles. The summed E-state index contributed by atoms with van der Waals surface area (Å²) in [6.45, 7) is 5.67. The highest BCUT2D eigenvalue weighted by atomic mass is 79.9. The topological polar surface area (TPSA) is 20.3 Å². The lowest BCUT2D eigenvalue weighted by atomic mass is 10.0. The maximum Gasteiger partial charge on any atom is 0.254 e. The number of hydrogen-bond donors (Lipinski definition) is 0. The number of rotatable bonds is 3.